The summed E-state index contributed by atoms with van der Waals surface area (Å²) < 4.78 is 0. The molecule has 118 valence electrons. The van der Waals surface area contributed by atoms with Crippen molar-refractivity contribution in [1.29, 1.82) is 0 Å². The molecular formula is C16H22N4O2. The van der Waals surface area contributed by atoms with Crippen molar-refractivity contribution in [2.75, 3.05) is 31.5 Å². The van der Waals surface area contributed by atoms with E-state index in [1.807, 2.05) is 24.4 Å². The van der Waals surface area contributed by atoms with Crippen LogP contribution in [-0.4, -0.2) is 47.9 Å². The summed E-state index contributed by atoms with van der Waals surface area (Å²) in [6, 6.07) is 7.37. The summed E-state index contributed by atoms with van der Waals surface area (Å²) in [6.07, 6.45) is 1.83. The van der Waals surface area contributed by atoms with Gasteiger partial charge in [-0.2, -0.15) is 0 Å². The van der Waals surface area contributed by atoms with E-state index in [2.05, 4.69) is 34.4 Å². The number of aromatic nitrogens is 1. The largest absolute Gasteiger partial charge is 0.361 e. The first kappa shape index (κ1) is 16.0. The van der Waals surface area contributed by atoms with Crippen molar-refractivity contribution in [1.82, 2.24) is 15.2 Å². The number of nitrogens with one attached hydrogen (secondary N) is 3. The highest BCUT2D eigenvalue weighted by atomic mass is 16.2. The maximum atomic E-state index is 11.9. The van der Waals surface area contributed by atoms with Gasteiger partial charge in [-0.1, -0.05) is 13.8 Å². The number of anilines is 1. The molecule has 2 amide bonds. The molecule has 6 heteroatoms. The lowest BCUT2D eigenvalue weighted by Crippen LogP contribution is -2.40. The third-order valence-electron chi connectivity index (χ3n) is 3.63. The Morgan fingerprint density at radius 2 is 1.91 bits per heavy atom. The highest BCUT2D eigenvalue weighted by Gasteiger charge is 2.13. The second kappa shape index (κ2) is 7.61. The Balaban J connectivity index is 1.84. The molecule has 6 nitrogen and oxygen atoms in total. The third kappa shape index (κ3) is 4.08. The fraction of sp³-hybridized carbons (Fsp3) is 0.375. The molecule has 3 N–H and O–H groups in total. The monoisotopic (exact) mass is 302 g/mol. The van der Waals surface area contributed by atoms with Crippen LogP contribution in [0.3, 0.4) is 0 Å². The zero-order chi connectivity index (χ0) is 15.9. The van der Waals surface area contributed by atoms with E-state index >= 15 is 0 Å². The van der Waals surface area contributed by atoms with Crippen molar-refractivity contribution in [2.45, 2.75) is 13.8 Å². The molecule has 0 radical (unpaired) electrons. The Labute approximate surface area is 129 Å². The molecule has 2 aromatic rings. The Morgan fingerprint density at radius 3 is 2.64 bits per heavy atom. The number of aromatic amines is 1. The van der Waals surface area contributed by atoms with Crippen molar-refractivity contribution in [3.05, 3.63) is 30.5 Å². The number of fused-ring (bicyclic) bond motifs is 1. The van der Waals surface area contributed by atoms with E-state index in [0.29, 0.717) is 12.2 Å². The van der Waals surface area contributed by atoms with Gasteiger partial charge in [-0.05, 0) is 37.4 Å². The smallest absolute Gasteiger partial charge is 0.313 e. The van der Waals surface area contributed by atoms with E-state index in [1.54, 1.807) is 6.07 Å². The highest BCUT2D eigenvalue weighted by Crippen LogP contribution is 2.17. The van der Waals surface area contributed by atoms with E-state index in [1.165, 1.54) is 0 Å². The van der Waals surface area contributed by atoms with Crippen LogP contribution in [0.4, 0.5) is 5.69 Å². The predicted molar refractivity (Wildman–Crippen MR) is 87.7 cm³/mol. The number of hydrogen-bond donors (Lipinski definition) is 3. The number of carbonyl (C=O) groups is 2. The van der Waals surface area contributed by atoms with E-state index in [4.69, 9.17) is 0 Å². The van der Waals surface area contributed by atoms with Gasteiger partial charge in [0, 0.05) is 35.9 Å². The highest BCUT2D eigenvalue weighted by molar-refractivity contribution is 6.39. The summed E-state index contributed by atoms with van der Waals surface area (Å²) in [6.45, 7) is 7.18. The molecule has 1 aromatic heterocycles. The minimum atomic E-state index is -0.644. The summed E-state index contributed by atoms with van der Waals surface area (Å²) >= 11 is 0. The van der Waals surface area contributed by atoms with Gasteiger partial charge in [-0.25, -0.2) is 0 Å². The van der Waals surface area contributed by atoms with Crippen LogP contribution >= 0.6 is 0 Å². The number of hydrogen-bond acceptors (Lipinski definition) is 3. The molecule has 0 aliphatic rings. The lowest BCUT2D eigenvalue weighted by atomic mass is 10.2. The molecule has 0 unspecified atom stereocenters. The standard InChI is InChI=1S/C16H22N4O2/c1-3-20(4-2)10-9-18-15(21)16(22)19-13-5-6-14-12(11-13)7-8-17-14/h5-8,11,17H,3-4,9-10H2,1-2H3,(H,18,21)(H,19,22). The third-order valence-corrected chi connectivity index (χ3v) is 3.63. The number of amides is 2. The van der Waals surface area contributed by atoms with Crippen LogP contribution in [0.2, 0.25) is 0 Å². The van der Waals surface area contributed by atoms with Gasteiger partial charge in [0.05, 0.1) is 0 Å². The topological polar surface area (TPSA) is 77.2 Å². The number of likely N-dealkylation sites (N-methyl/N-ethyl adjacent to an activating group) is 1. The summed E-state index contributed by atoms with van der Waals surface area (Å²) in [7, 11) is 0. The van der Waals surface area contributed by atoms with Gasteiger partial charge in [0.25, 0.3) is 0 Å². The van der Waals surface area contributed by atoms with E-state index in [-0.39, 0.29) is 0 Å². The minimum absolute atomic E-state index is 0.463. The van der Waals surface area contributed by atoms with Gasteiger partial charge >= 0.3 is 11.8 Å². The van der Waals surface area contributed by atoms with E-state index in [9.17, 15) is 9.59 Å². The molecular weight excluding hydrogens is 280 g/mol. The molecule has 0 fully saturated rings. The van der Waals surface area contributed by atoms with Crippen LogP contribution < -0.4 is 10.6 Å². The molecule has 0 spiro atoms. The van der Waals surface area contributed by atoms with Gasteiger partial charge in [-0.15, -0.1) is 0 Å². The first-order chi connectivity index (χ1) is 10.6. The molecule has 22 heavy (non-hydrogen) atoms. The van der Waals surface area contributed by atoms with Crippen molar-refractivity contribution >= 4 is 28.4 Å². The summed E-state index contributed by atoms with van der Waals surface area (Å²) in [5, 5.41) is 6.23. The molecule has 2 rings (SSSR count). The fourth-order valence-corrected chi connectivity index (χ4v) is 2.27. The average molecular weight is 302 g/mol. The molecule has 0 saturated heterocycles. The first-order valence-electron chi connectivity index (χ1n) is 7.52. The second-order valence-electron chi connectivity index (χ2n) is 5.02. The number of rotatable bonds is 6. The quantitative estimate of drug-likeness (QED) is 0.709. The van der Waals surface area contributed by atoms with Gasteiger partial charge < -0.3 is 20.5 Å². The van der Waals surface area contributed by atoms with Crippen LogP contribution in [0.1, 0.15) is 13.8 Å². The first-order valence-corrected chi connectivity index (χ1v) is 7.52. The Kier molecular flexibility index (Phi) is 5.55. The van der Waals surface area contributed by atoms with E-state index < -0.39 is 11.8 Å². The van der Waals surface area contributed by atoms with E-state index in [0.717, 1.165) is 30.5 Å². The lowest BCUT2D eigenvalue weighted by Gasteiger charge is -2.17. The zero-order valence-corrected chi connectivity index (χ0v) is 13.0. The Hall–Kier alpha value is -2.34. The van der Waals surface area contributed by atoms with Gasteiger partial charge in [0.15, 0.2) is 0 Å². The summed E-state index contributed by atoms with van der Waals surface area (Å²) in [5.74, 6) is -1.25. The second-order valence-corrected chi connectivity index (χ2v) is 5.02. The average Bonchev–Trinajstić information content (AvgIpc) is 2.99. The minimum Gasteiger partial charge on any atom is -0.361 e. The van der Waals surface area contributed by atoms with Gasteiger partial charge in [0.1, 0.15) is 0 Å². The molecule has 1 aromatic carbocycles. The SMILES string of the molecule is CCN(CC)CCNC(=O)C(=O)Nc1ccc2[nH]ccc2c1. The molecule has 0 bridgehead atoms. The van der Waals surface area contributed by atoms with Crippen LogP contribution in [-0.2, 0) is 9.59 Å². The lowest BCUT2D eigenvalue weighted by molar-refractivity contribution is -0.136. The predicted octanol–water partition coefficient (Wildman–Crippen LogP) is 1.56. The van der Waals surface area contributed by atoms with Crippen LogP contribution in [0.5, 0.6) is 0 Å². The summed E-state index contributed by atoms with van der Waals surface area (Å²) in [5.41, 5.74) is 1.60. The maximum absolute atomic E-state index is 11.9. The zero-order valence-electron chi connectivity index (χ0n) is 13.0. The number of nitrogens with zero attached hydrogens (tertiary/aromatic N) is 1. The van der Waals surface area contributed by atoms with Crippen molar-refractivity contribution < 1.29 is 9.59 Å². The van der Waals surface area contributed by atoms with Crippen LogP contribution in [0, 0.1) is 0 Å². The molecule has 0 aliphatic heterocycles. The van der Waals surface area contributed by atoms with Gasteiger partial charge in [-0.3, -0.25) is 9.59 Å². The van der Waals surface area contributed by atoms with Crippen molar-refractivity contribution in [3.8, 4) is 0 Å². The van der Waals surface area contributed by atoms with Gasteiger partial charge in [0.2, 0.25) is 0 Å². The van der Waals surface area contributed by atoms with Crippen LogP contribution in [0.15, 0.2) is 30.5 Å². The number of H-pyrrole nitrogens is 1. The molecule has 0 aliphatic carbocycles. The molecule has 0 atom stereocenters. The molecule has 1 heterocycles. The maximum Gasteiger partial charge on any atom is 0.313 e. The molecule has 0 saturated carbocycles. The van der Waals surface area contributed by atoms with Crippen LogP contribution in [0.25, 0.3) is 10.9 Å². The Bertz CT molecular complexity index is 646. The summed E-state index contributed by atoms with van der Waals surface area (Å²) in [4.78, 5) is 28.9. The fourth-order valence-electron chi connectivity index (χ4n) is 2.27. The van der Waals surface area contributed by atoms with Crippen molar-refractivity contribution in [2.24, 2.45) is 0 Å². The number of benzene rings is 1. The number of carbonyl (C=O) groups excluding carboxylic acids is 2. The van der Waals surface area contributed by atoms with Crippen molar-refractivity contribution in [3.63, 3.8) is 0 Å². The normalized spacial score (nSPS) is 10.9. The Morgan fingerprint density at radius 1 is 1.14 bits per heavy atom.